The SMILES string of the molecule is CCc1c(Cl)ccnc1N1C[C@H](C)N(c2cccc(C(=O)O)c2)C1=O. The van der Waals surface area contributed by atoms with Gasteiger partial charge < -0.3 is 5.11 Å². The number of nitrogens with zero attached hydrogens (tertiary/aromatic N) is 3. The zero-order valence-electron chi connectivity index (χ0n) is 13.9. The van der Waals surface area contributed by atoms with Crippen molar-refractivity contribution in [2.24, 2.45) is 0 Å². The van der Waals surface area contributed by atoms with Crippen molar-refractivity contribution in [3.8, 4) is 0 Å². The van der Waals surface area contributed by atoms with E-state index in [9.17, 15) is 14.7 Å². The molecule has 1 aliphatic heterocycles. The Bertz CT molecular complexity index is 840. The minimum absolute atomic E-state index is 0.123. The number of urea groups is 1. The maximum Gasteiger partial charge on any atom is 0.335 e. The molecular formula is C18H18ClN3O3. The van der Waals surface area contributed by atoms with Gasteiger partial charge in [-0.25, -0.2) is 14.6 Å². The van der Waals surface area contributed by atoms with Crippen LogP contribution in [0.2, 0.25) is 5.02 Å². The number of hydrogen-bond acceptors (Lipinski definition) is 3. The van der Waals surface area contributed by atoms with E-state index in [1.54, 1.807) is 34.2 Å². The number of carboxylic acids is 1. The molecular weight excluding hydrogens is 342 g/mol. The van der Waals surface area contributed by atoms with Gasteiger partial charge in [-0.3, -0.25) is 9.80 Å². The average Bonchev–Trinajstić information content (AvgIpc) is 2.89. The molecule has 1 atom stereocenters. The molecule has 1 aromatic carbocycles. The fourth-order valence-corrected chi connectivity index (χ4v) is 3.37. The second kappa shape index (κ2) is 6.72. The zero-order valence-corrected chi connectivity index (χ0v) is 14.7. The van der Waals surface area contributed by atoms with Crippen molar-refractivity contribution < 1.29 is 14.7 Å². The Hall–Kier alpha value is -2.60. The predicted octanol–water partition coefficient (Wildman–Crippen LogP) is 3.83. The molecule has 3 rings (SSSR count). The molecule has 1 N–H and O–H groups in total. The van der Waals surface area contributed by atoms with Gasteiger partial charge in [0.1, 0.15) is 5.82 Å². The van der Waals surface area contributed by atoms with E-state index >= 15 is 0 Å². The van der Waals surface area contributed by atoms with Gasteiger partial charge >= 0.3 is 12.0 Å². The van der Waals surface area contributed by atoms with Crippen LogP contribution in [0.1, 0.15) is 29.8 Å². The minimum Gasteiger partial charge on any atom is -0.478 e. The first kappa shape index (κ1) is 17.2. The summed E-state index contributed by atoms with van der Waals surface area (Å²) in [6.07, 6.45) is 2.25. The van der Waals surface area contributed by atoms with Crippen LogP contribution in [0.4, 0.5) is 16.3 Å². The molecule has 25 heavy (non-hydrogen) atoms. The lowest BCUT2D eigenvalue weighted by atomic mass is 10.1. The molecule has 1 aromatic heterocycles. The van der Waals surface area contributed by atoms with Crippen LogP contribution in [0.15, 0.2) is 36.5 Å². The Labute approximate surface area is 150 Å². The largest absolute Gasteiger partial charge is 0.478 e. The van der Waals surface area contributed by atoms with Crippen molar-refractivity contribution in [3.63, 3.8) is 0 Å². The first-order valence-corrected chi connectivity index (χ1v) is 8.39. The van der Waals surface area contributed by atoms with Crippen molar-refractivity contribution in [1.82, 2.24) is 4.98 Å². The molecule has 1 saturated heterocycles. The van der Waals surface area contributed by atoms with Crippen molar-refractivity contribution in [2.45, 2.75) is 26.3 Å². The summed E-state index contributed by atoms with van der Waals surface area (Å²) in [4.78, 5) is 31.7. The van der Waals surface area contributed by atoms with Gasteiger partial charge in [-0.1, -0.05) is 24.6 Å². The number of rotatable bonds is 4. The topological polar surface area (TPSA) is 73.7 Å². The molecule has 6 nitrogen and oxygen atoms in total. The van der Waals surface area contributed by atoms with Crippen molar-refractivity contribution in [1.29, 1.82) is 0 Å². The molecule has 2 aromatic rings. The summed E-state index contributed by atoms with van der Waals surface area (Å²) >= 11 is 6.24. The second-order valence-corrected chi connectivity index (χ2v) is 6.32. The van der Waals surface area contributed by atoms with Gasteiger partial charge in [0.15, 0.2) is 0 Å². The highest BCUT2D eigenvalue weighted by Gasteiger charge is 2.38. The van der Waals surface area contributed by atoms with Crippen LogP contribution in [0, 0.1) is 0 Å². The van der Waals surface area contributed by atoms with E-state index in [2.05, 4.69) is 4.98 Å². The molecule has 0 aliphatic carbocycles. The Kier molecular flexibility index (Phi) is 4.63. The van der Waals surface area contributed by atoms with Crippen LogP contribution in [-0.4, -0.2) is 34.7 Å². The number of carbonyl (C=O) groups excluding carboxylic acids is 1. The molecule has 2 heterocycles. The molecule has 0 saturated carbocycles. The molecule has 1 fully saturated rings. The lowest BCUT2D eigenvalue weighted by Gasteiger charge is -2.21. The number of halogens is 1. The molecule has 7 heteroatoms. The predicted molar refractivity (Wildman–Crippen MR) is 96.7 cm³/mol. The third-order valence-electron chi connectivity index (χ3n) is 4.28. The third-order valence-corrected chi connectivity index (χ3v) is 4.64. The Balaban J connectivity index is 1.99. The Morgan fingerprint density at radius 1 is 1.40 bits per heavy atom. The monoisotopic (exact) mass is 359 g/mol. The Morgan fingerprint density at radius 2 is 2.16 bits per heavy atom. The van der Waals surface area contributed by atoms with E-state index in [0.717, 1.165) is 5.56 Å². The van der Waals surface area contributed by atoms with Crippen LogP contribution in [0.3, 0.4) is 0 Å². The Morgan fingerprint density at radius 3 is 2.84 bits per heavy atom. The van der Waals surface area contributed by atoms with Gasteiger partial charge in [-0.15, -0.1) is 0 Å². The van der Waals surface area contributed by atoms with Crippen molar-refractivity contribution in [2.75, 3.05) is 16.3 Å². The number of benzene rings is 1. The fourth-order valence-electron chi connectivity index (χ4n) is 3.09. The zero-order chi connectivity index (χ0) is 18.1. The van der Waals surface area contributed by atoms with E-state index in [0.29, 0.717) is 29.5 Å². The highest BCUT2D eigenvalue weighted by Crippen LogP contribution is 2.32. The summed E-state index contributed by atoms with van der Waals surface area (Å²) in [5.41, 5.74) is 1.52. The highest BCUT2D eigenvalue weighted by atomic mass is 35.5. The fraction of sp³-hybridized carbons (Fsp3) is 0.278. The summed E-state index contributed by atoms with van der Waals surface area (Å²) in [5.74, 6) is -0.466. The van der Waals surface area contributed by atoms with E-state index in [-0.39, 0.29) is 17.6 Å². The number of aromatic nitrogens is 1. The minimum atomic E-state index is -1.03. The van der Waals surface area contributed by atoms with E-state index in [1.165, 1.54) is 12.1 Å². The first-order chi connectivity index (χ1) is 11.9. The van der Waals surface area contributed by atoms with Crippen LogP contribution < -0.4 is 9.80 Å². The number of hydrogen-bond donors (Lipinski definition) is 1. The van der Waals surface area contributed by atoms with Crippen LogP contribution in [0.5, 0.6) is 0 Å². The van der Waals surface area contributed by atoms with Crippen molar-refractivity contribution >= 4 is 35.1 Å². The van der Waals surface area contributed by atoms with Gasteiger partial charge in [-0.2, -0.15) is 0 Å². The van der Waals surface area contributed by atoms with Gasteiger partial charge in [0, 0.05) is 29.0 Å². The van der Waals surface area contributed by atoms with Crippen molar-refractivity contribution in [3.05, 3.63) is 52.7 Å². The van der Waals surface area contributed by atoms with E-state index in [1.807, 2.05) is 13.8 Å². The molecule has 1 aliphatic rings. The normalized spacial score (nSPS) is 17.2. The summed E-state index contributed by atoms with van der Waals surface area (Å²) in [6.45, 7) is 4.34. The smallest absolute Gasteiger partial charge is 0.335 e. The third kappa shape index (κ3) is 3.05. The average molecular weight is 360 g/mol. The lowest BCUT2D eigenvalue weighted by molar-refractivity contribution is 0.0697. The maximum absolute atomic E-state index is 13.0. The number of pyridine rings is 1. The standard InChI is InChI=1S/C18H18ClN3O3/c1-3-14-15(19)7-8-20-16(14)21-10-11(2)22(18(21)25)13-6-4-5-12(9-13)17(23)24/h4-9,11H,3,10H2,1-2H3,(H,23,24)/t11-/m0/s1. The first-order valence-electron chi connectivity index (χ1n) is 8.01. The van der Waals surface area contributed by atoms with Crippen LogP contribution in [-0.2, 0) is 6.42 Å². The van der Waals surface area contributed by atoms with Gasteiger partial charge in [0.2, 0.25) is 0 Å². The second-order valence-electron chi connectivity index (χ2n) is 5.92. The molecule has 0 spiro atoms. The summed E-state index contributed by atoms with van der Waals surface area (Å²) in [7, 11) is 0. The van der Waals surface area contributed by atoms with E-state index in [4.69, 9.17) is 11.6 Å². The number of carbonyl (C=O) groups is 2. The molecule has 0 bridgehead atoms. The quantitative estimate of drug-likeness (QED) is 0.900. The summed E-state index contributed by atoms with van der Waals surface area (Å²) < 4.78 is 0. The highest BCUT2D eigenvalue weighted by molar-refractivity contribution is 6.31. The summed E-state index contributed by atoms with van der Waals surface area (Å²) in [6, 6.07) is 7.73. The van der Waals surface area contributed by atoms with Crippen LogP contribution in [0.25, 0.3) is 0 Å². The maximum atomic E-state index is 13.0. The van der Waals surface area contributed by atoms with Crippen LogP contribution >= 0.6 is 11.6 Å². The van der Waals surface area contributed by atoms with E-state index < -0.39 is 5.97 Å². The molecule has 2 amide bonds. The number of amides is 2. The molecule has 130 valence electrons. The number of anilines is 2. The molecule has 0 radical (unpaired) electrons. The van der Waals surface area contributed by atoms with Gasteiger partial charge in [0.25, 0.3) is 0 Å². The van der Waals surface area contributed by atoms with Gasteiger partial charge in [-0.05, 0) is 37.6 Å². The van der Waals surface area contributed by atoms with Gasteiger partial charge in [0.05, 0.1) is 11.6 Å². The number of carboxylic acid groups (broad SMARTS) is 1. The summed E-state index contributed by atoms with van der Waals surface area (Å²) in [5, 5.41) is 9.76. The number of aromatic carboxylic acids is 1. The lowest BCUT2D eigenvalue weighted by Crippen LogP contribution is -2.34. The molecule has 0 unspecified atom stereocenters.